The number of hydrogen-bond donors (Lipinski definition) is 2. The van der Waals surface area contributed by atoms with Crippen molar-refractivity contribution < 1.29 is 19.7 Å². The standard InChI is InChI=1S/C36H36ClN3O4/c1-39(2)36(43)32-21-38-33-14-7-6-13-31(33)35(32)44-30-17-15-25(16-18-30)19-29(24-41)40(22-26-9-4-3-5-10-26)23-34(42)27-11-8-12-28(37)20-27/h3-18,20-21,29,34,41-42H,19,22-24H2,1-2H3/t29-,34-/m0/s1. The molecule has 0 bridgehead atoms. The fourth-order valence-electron chi connectivity index (χ4n) is 5.21. The fourth-order valence-corrected chi connectivity index (χ4v) is 5.41. The summed E-state index contributed by atoms with van der Waals surface area (Å²) in [7, 11) is 3.39. The van der Waals surface area contributed by atoms with Crippen LogP contribution in [0, 0.1) is 0 Å². The summed E-state index contributed by atoms with van der Waals surface area (Å²) in [6, 6.07) is 32.2. The maximum Gasteiger partial charge on any atom is 0.258 e. The lowest BCUT2D eigenvalue weighted by Gasteiger charge is -2.32. The molecule has 8 heteroatoms. The van der Waals surface area contributed by atoms with Crippen LogP contribution in [0.3, 0.4) is 0 Å². The smallest absolute Gasteiger partial charge is 0.258 e. The number of aromatic nitrogens is 1. The average molecular weight is 610 g/mol. The Bertz CT molecular complexity index is 1700. The van der Waals surface area contributed by atoms with Gasteiger partial charge in [-0.25, -0.2) is 0 Å². The third-order valence-electron chi connectivity index (χ3n) is 7.57. The highest BCUT2D eigenvalue weighted by molar-refractivity contribution is 6.30. The summed E-state index contributed by atoms with van der Waals surface area (Å²) in [5.74, 6) is 0.842. The van der Waals surface area contributed by atoms with E-state index in [0.717, 1.165) is 27.6 Å². The molecule has 4 aromatic carbocycles. The van der Waals surface area contributed by atoms with Gasteiger partial charge in [0.15, 0.2) is 5.75 Å². The van der Waals surface area contributed by atoms with Crippen molar-refractivity contribution in [1.82, 2.24) is 14.8 Å². The highest BCUT2D eigenvalue weighted by Gasteiger charge is 2.23. The van der Waals surface area contributed by atoms with Gasteiger partial charge in [0, 0.05) is 49.8 Å². The van der Waals surface area contributed by atoms with Crippen molar-refractivity contribution in [1.29, 1.82) is 0 Å². The van der Waals surface area contributed by atoms with Crippen LogP contribution in [0.2, 0.25) is 5.02 Å². The first kappa shape index (κ1) is 31.2. The van der Waals surface area contributed by atoms with Crippen molar-refractivity contribution in [3.8, 4) is 11.5 Å². The number of amides is 1. The van der Waals surface area contributed by atoms with E-state index in [1.807, 2.05) is 91.0 Å². The van der Waals surface area contributed by atoms with Gasteiger partial charge in [0.05, 0.1) is 18.2 Å². The molecular formula is C36H36ClN3O4. The Kier molecular flexibility index (Phi) is 10.2. The normalized spacial score (nSPS) is 12.7. The van der Waals surface area contributed by atoms with Crippen LogP contribution < -0.4 is 4.74 Å². The molecule has 7 nitrogen and oxygen atoms in total. The molecule has 2 atom stereocenters. The zero-order chi connectivity index (χ0) is 31.1. The minimum atomic E-state index is -0.781. The molecule has 1 amide bonds. The van der Waals surface area contributed by atoms with Crippen LogP contribution in [-0.4, -0.2) is 64.2 Å². The number of aliphatic hydroxyl groups excluding tert-OH is 2. The first-order chi connectivity index (χ1) is 21.3. The Morgan fingerprint density at radius 1 is 0.909 bits per heavy atom. The van der Waals surface area contributed by atoms with Crippen LogP contribution in [0.5, 0.6) is 11.5 Å². The monoisotopic (exact) mass is 609 g/mol. The summed E-state index contributed by atoms with van der Waals surface area (Å²) in [5, 5.41) is 23.0. The van der Waals surface area contributed by atoms with Gasteiger partial charge in [-0.15, -0.1) is 0 Å². The number of pyridine rings is 1. The molecule has 1 heterocycles. The van der Waals surface area contributed by atoms with E-state index in [2.05, 4.69) is 9.88 Å². The minimum Gasteiger partial charge on any atom is -0.456 e. The number of nitrogens with zero attached hydrogens (tertiary/aromatic N) is 3. The highest BCUT2D eigenvalue weighted by atomic mass is 35.5. The summed E-state index contributed by atoms with van der Waals surface area (Å²) < 4.78 is 6.33. The number of aliphatic hydroxyl groups is 2. The van der Waals surface area contributed by atoms with Gasteiger partial charge in [-0.05, 0) is 59.5 Å². The third kappa shape index (κ3) is 7.62. The van der Waals surface area contributed by atoms with Crippen LogP contribution in [0.15, 0.2) is 109 Å². The lowest BCUT2D eigenvalue weighted by atomic mass is 10.0. The molecule has 0 aliphatic rings. The van der Waals surface area contributed by atoms with Gasteiger partial charge in [-0.2, -0.15) is 0 Å². The van der Waals surface area contributed by atoms with E-state index in [4.69, 9.17) is 16.3 Å². The number of carbonyl (C=O) groups is 1. The Labute approximate surface area is 262 Å². The summed E-state index contributed by atoms with van der Waals surface area (Å²) in [5.41, 5.74) is 3.92. The molecule has 0 saturated carbocycles. The van der Waals surface area contributed by atoms with Crippen molar-refractivity contribution in [2.75, 3.05) is 27.2 Å². The minimum absolute atomic E-state index is 0.0909. The Morgan fingerprint density at radius 2 is 1.64 bits per heavy atom. The van der Waals surface area contributed by atoms with Gasteiger partial charge in [-0.3, -0.25) is 14.7 Å². The van der Waals surface area contributed by atoms with E-state index in [9.17, 15) is 15.0 Å². The van der Waals surface area contributed by atoms with Crippen molar-refractivity contribution in [2.24, 2.45) is 0 Å². The van der Waals surface area contributed by atoms with Crippen molar-refractivity contribution in [2.45, 2.75) is 25.1 Å². The van der Waals surface area contributed by atoms with E-state index in [1.165, 1.54) is 4.90 Å². The molecule has 5 aromatic rings. The lowest BCUT2D eigenvalue weighted by Crippen LogP contribution is -2.41. The van der Waals surface area contributed by atoms with Crippen molar-refractivity contribution in [3.63, 3.8) is 0 Å². The second-order valence-electron chi connectivity index (χ2n) is 11.0. The quantitative estimate of drug-likeness (QED) is 0.167. The molecule has 0 spiro atoms. The fraction of sp³-hybridized carbons (Fsp3) is 0.222. The summed E-state index contributed by atoms with van der Waals surface area (Å²) >= 11 is 6.19. The first-order valence-electron chi connectivity index (χ1n) is 14.5. The summed E-state index contributed by atoms with van der Waals surface area (Å²) in [6.45, 7) is 0.786. The molecule has 226 valence electrons. The van der Waals surface area contributed by atoms with Gasteiger partial charge in [0.2, 0.25) is 0 Å². The zero-order valence-corrected chi connectivity index (χ0v) is 25.6. The van der Waals surface area contributed by atoms with Gasteiger partial charge in [-0.1, -0.05) is 78.3 Å². The Hall–Kier alpha value is -4.27. The van der Waals surface area contributed by atoms with Gasteiger partial charge < -0.3 is 19.8 Å². The predicted molar refractivity (Wildman–Crippen MR) is 174 cm³/mol. The predicted octanol–water partition coefficient (Wildman–Crippen LogP) is 6.52. The maximum absolute atomic E-state index is 12.9. The van der Waals surface area contributed by atoms with Crippen molar-refractivity contribution >= 4 is 28.4 Å². The number of rotatable bonds is 12. The molecule has 0 aliphatic carbocycles. The molecule has 5 rings (SSSR count). The van der Waals surface area contributed by atoms with Gasteiger partial charge in [0.1, 0.15) is 11.3 Å². The molecular weight excluding hydrogens is 574 g/mol. The van der Waals surface area contributed by atoms with E-state index in [1.54, 1.807) is 32.4 Å². The van der Waals surface area contributed by atoms with E-state index >= 15 is 0 Å². The largest absolute Gasteiger partial charge is 0.456 e. The highest BCUT2D eigenvalue weighted by Crippen LogP contribution is 2.33. The first-order valence-corrected chi connectivity index (χ1v) is 14.9. The van der Waals surface area contributed by atoms with E-state index in [0.29, 0.717) is 41.6 Å². The number of ether oxygens (including phenoxy) is 1. The second kappa shape index (κ2) is 14.5. The molecule has 0 saturated heterocycles. The number of halogens is 1. The van der Waals surface area contributed by atoms with E-state index in [-0.39, 0.29) is 18.6 Å². The van der Waals surface area contributed by atoms with Crippen molar-refractivity contribution in [3.05, 3.63) is 137 Å². The number of hydrogen-bond acceptors (Lipinski definition) is 6. The molecule has 0 radical (unpaired) electrons. The zero-order valence-electron chi connectivity index (χ0n) is 24.8. The van der Waals surface area contributed by atoms with Crippen LogP contribution in [0.1, 0.15) is 33.2 Å². The van der Waals surface area contributed by atoms with Crippen LogP contribution in [-0.2, 0) is 13.0 Å². The second-order valence-corrected chi connectivity index (χ2v) is 11.4. The molecule has 0 fully saturated rings. The molecule has 0 aliphatic heterocycles. The number of carbonyl (C=O) groups excluding carboxylic acids is 1. The van der Waals surface area contributed by atoms with Gasteiger partial charge >= 0.3 is 0 Å². The molecule has 2 N–H and O–H groups in total. The molecule has 44 heavy (non-hydrogen) atoms. The number of benzene rings is 4. The van der Waals surface area contributed by atoms with Crippen LogP contribution in [0.4, 0.5) is 0 Å². The topological polar surface area (TPSA) is 86.1 Å². The average Bonchev–Trinajstić information content (AvgIpc) is 3.04. The van der Waals surface area contributed by atoms with Crippen LogP contribution >= 0.6 is 11.6 Å². The lowest BCUT2D eigenvalue weighted by molar-refractivity contribution is 0.0566. The SMILES string of the molecule is CN(C)C(=O)c1cnc2ccccc2c1Oc1ccc(C[C@@H](CO)N(Cc2ccccc2)C[C@H](O)c2cccc(Cl)c2)cc1. The van der Waals surface area contributed by atoms with E-state index < -0.39 is 6.10 Å². The van der Waals surface area contributed by atoms with Crippen LogP contribution in [0.25, 0.3) is 10.9 Å². The van der Waals surface area contributed by atoms with Gasteiger partial charge in [0.25, 0.3) is 5.91 Å². The molecule has 0 unspecified atom stereocenters. The Balaban J connectivity index is 1.37. The summed E-state index contributed by atoms with van der Waals surface area (Å²) in [6.07, 6.45) is 1.32. The Morgan fingerprint density at radius 3 is 2.34 bits per heavy atom. The molecule has 1 aromatic heterocycles. The third-order valence-corrected chi connectivity index (χ3v) is 7.81. The number of para-hydroxylation sites is 1. The maximum atomic E-state index is 12.9. The number of fused-ring (bicyclic) bond motifs is 1. The summed E-state index contributed by atoms with van der Waals surface area (Å²) in [4.78, 5) is 21.0.